The lowest BCUT2D eigenvalue weighted by atomic mass is 10.1. The Morgan fingerprint density at radius 1 is 1.14 bits per heavy atom. The third kappa shape index (κ3) is 5.56. The van der Waals surface area contributed by atoms with Gasteiger partial charge in [-0.25, -0.2) is 0 Å². The van der Waals surface area contributed by atoms with Gasteiger partial charge in [0.25, 0.3) is 0 Å². The first-order chi connectivity index (χ1) is 14.3. The number of rotatable bonds is 9. The number of furan rings is 1. The van der Waals surface area contributed by atoms with E-state index in [-0.39, 0.29) is 18.9 Å². The zero-order valence-corrected chi connectivity index (χ0v) is 16.1. The van der Waals surface area contributed by atoms with Crippen molar-refractivity contribution in [2.45, 2.75) is 26.1 Å². The van der Waals surface area contributed by atoms with Crippen molar-refractivity contribution in [3.63, 3.8) is 0 Å². The van der Waals surface area contributed by atoms with Crippen LogP contribution in [-0.4, -0.2) is 30.8 Å². The van der Waals surface area contributed by atoms with Crippen LogP contribution in [0.15, 0.2) is 57.5 Å². The molecule has 3 aromatic rings. The Labute approximate surface area is 169 Å². The van der Waals surface area contributed by atoms with Crippen molar-refractivity contribution in [1.29, 1.82) is 0 Å². The first-order valence-electron chi connectivity index (χ1n) is 9.77. The van der Waals surface area contributed by atoms with Gasteiger partial charge < -0.3 is 23.7 Å². The lowest BCUT2D eigenvalue weighted by molar-refractivity contribution is -0.120. The van der Waals surface area contributed by atoms with Gasteiger partial charge in [0, 0.05) is 30.7 Å². The number of amides is 1. The van der Waals surface area contributed by atoms with Crippen molar-refractivity contribution >= 4 is 5.91 Å². The van der Waals surface area contributed by atoms with Crippen LogP contribution in [0, 0.1) is 5.92 Å². The Balaban J connectivity index is 1.19. The summed E-state index contributed by atoms with van der Waals surface area (Å²) in [6, 6.07) is 15.5. The minimum atomic E-state index is -0.0679. The molecule has 7 heteroatoms. The van der Waals surface area contributed by atoms with Crippen molar-refractivity contribution in [2.24, 2.45) is 5.92 Å². The maximum absolute atomic E-state index is 12.0. The largest absolute Gasteiger partial charge is 0.459 e. The van der Waals surface area contributed by atoms with E-state index in [1.165, 1.54) is 0 Å². The number of aromatic nitrogens is 1. The number of nitrogens with zero attached hydrogens (tertiary/aromatic N) is 1. The summed E-state index contributed by atoms with van der Waals surface area (Å²) < 4.78 is 22.0. The molecule has 1 aliphatic heterocycles. The molecule has 0 saturated carbocycles. The highest BCUT2D eigenvalue weighted by molar-refractivity contribution is 5.78. The van der Waals surface area contributed by atoms with Crippen molar-refractivity contribution in [2.75, 3.05) is 19.8 Å². The molecule has 1 saturated heterocycles. The summed E-state index contributed by atoms with van der Waals surface area (Å²) in [6.07, 6.45) is 1.18. The number of benzene rings is 1. The van der Waals surface area contributed by atoms with Crippen LogP contribution in [0.3, 0.4) is 0 Å². The SMILES string of the molecule is O=C(Cc1cc(COCc2ccc(-c3ccccc3)o2)on1)NCC1CCOC1. The normalized spacial score (nSPS) is 16.2. The monoisotopic (exact) mass is 396 g/mol. The fourth-order valence-electron chi connectivity index (χ4n) is 3.20. The van der Waals surface area contributed by atoms with Gasteiger partial charge in [-0.15, -0.1) is 0 Å². The molecular formula is C22H24N2O5. The molecule has 1 N–H and O–H groups in total. The van der Waals surface area contributed by atoms with Gasteiger partial charge in [0.15, 0.2) is 5.76 Å². The van der Waals surface area contributed by atoms with Crippen LogP contribution >= 0.6 is 0 Å². The molecule has 1 amide bonds. The van der Waals surface area contributed by atoms with Crippen molar-refractivity contribution in [1.82, 2.24) is 10.5 Å². The Morgan fingerprint density at radius 2 is 2.00 bits per heavy atom. The van der Waals surface area contributed by atoms with Gasteiger partial charge in [-0.1, -0.05) is 35.5 Å². The molecular weight excluding hydrogens is 372 g/mol. The highest BCUT2D eigenvalue weighted by atomic mass is 16.5. The molecule has 1 aliphatic rings. The number of carbonyl (C=O) groups is 1. The third-order valence-corrected chi connectivity index (χ3v) is 4.77. The average Bonchev–Trinajstić information content (AvgIpc) is 3.50. The predicted octanol–water partition coefficient (Wildman–Crippen LogP) is 3.35. The molecule has 0 aliphatic carbocycles. The highest BCUT2D eigenvalue weighted by Crippen LogP contribution is 2.22. The van der Waals surface area contributed by atoms with E-state index in [2.05, 4.69) is 10.5 Å². The highest BCUT2D eigenvalue weighted by Gasteiger charge is 2.17. The first-order valence-corrected chi connectivity index (χ1v) is 9.77. The molecule has 7 nitrogen and oxygen atoms in total. The minimum absolute atomic E-state index is 0.0679. The van der Waals surface area contributed by atoms with Crippen LogP contribution in [0.1, 0.15) is 23.6 Å². The average molecular weight is 396 g/mol. The maximum atomic E-state index is 12.0. The molecule has 0 spiro atoms. The zero-order chi connectivity index (χ0) is 19.9. The topological polar surface area (TPSA) is 86.7 Å². The summed E-state index contributed by atoms with van der Waals surface area (Å²) in [7, 11) is 0. The lowest BCUT2D eigenvalue weighted by Crippen LogP contribution is -2.30. The van der Waals surface area contributed by atoms with Gasteiger partial charge in [0.1, 0.15) is 24.7 Å². The number of ether oxygens (including phenoxy) is 2. The van der Waals surface area contributed by atoms with Gasteiger partial charge in [0.2, 0.25) is 5.91 Å². The van der Waals surface area contributed by atoms with Crippen LogP contribution in [0.5, 0.6) is 0 Å². The second-order valence-corrected chi connectivity index (χ2v) is 7.12. The number of hydrogen-bond acceptors (Lipinski definition) is 6. The Kier molecular flexibility index (Phi) is 6.38. The molecule has 152 valence electrons. The predicted molar refractivity (Wildman–Crippen MR) is 105 cm³/mol. The van der Waals surface area contributed by atoms with Gasteiger partial charge >= 0.3 is 0 Å². The van der Waals surface area contributed by atoms with E-state index < -0.39 is 0 Å². The van der Waals surface area contributed by atoms with Crippen LogP contribution in [0.4, 0.5) is 0 Å². The van der Waals surface area contributed by atoms with Crippen LogP contribution in [-0.2, 0) is 33.9 Å². The first kappa shape index (κ1) is 19.4. The van der Waals surface area contributed by atoms with Gasteiger partial charge in [0.05, 0.1) is 18.7 Å². The molecule has 2 aromatic heterocycles. The van der Waals surface area contributed by atoms with Gasteiger partial charge in [-0.05, 0) is 18.6 Å². The molecule has 0 radical (unpaired) electrons. The van der Waals surface area contributed by atoms with E-state index in [9.17, 15) is 4.79 Å². The summed E-state index contributed by atoms with van der Waals surface area (Å²) in [5.74, 6) is 2.46. The summed E-state index contributed by atoms with van der Waals surface area (Å²) >= 11 is 0. The van der Waals surface area contributed by atoms with Crippen LogP contribution < -0.4 is 5.32 Å². The summed E-state index contributed by atoms with van der Waals surface area (Å²) in [6.45, 7) is 2.72. The van der Waals surface area contributed by atoms with Crippen molar-refractivity contribution in [3.8, 4) is 11.3 Å². The number of nitrogens with one attached hydrogen (secondary N) is 1. The molecule has 1 fully saturated rings. The summed E-state index contributed by atoms with van der Waals surface area (Å²) in [5, 5.41) is 6.86. The molecule has 1 unspecified atom stereocenters. The van der Waals surface area contributed by atoms with E-state index >= 15 is 0 Å². The second kappa shape index (κ2) is 9.54. The molecule has 3 heterocycles. The van der Waals surface area contributed by atoms with Crippen LogP contribution in [0.2, 0.25) is 0 Å². The Hall–Kier alpha value is -2.90. The number of hydrogen-bond donors (Lipinski definition) is 1. The molecule has 0 bridgehead atoms. The summed E-state index contributed by atoms with van der Waals surface area (Å²) in [5.41, 5.74) is 1.62. The molecule has 29 heavy (non-hydrogen) atoms. The Morgan fingerprint density at radius 3 is 2.83 bits per heavy atom. The number of carbonyl (C=O) groups excluding carboxylic acids is 1. The van der Waals surface area contributed by atoms with E-state index in [1.54, 1.807) is 6.07 Å². The van der Waals surface area contributed by atoms with E-state index in [4.69, 9.17) is 18.4 Å². The molecule has 1 atom stereocenters. The van der Waals surface area contributed by atoms with E-state index in [0.29, 0.717) is 37.1 Å². The van der Waals surface area contributed by atoms with Crippen LogP contribution in [0.25, 0.3) is 11.3 Å². The fraction of sp³-hybridized carbons (Fsp3) is 0.364. The molecule has 4 rings (SSSR count). The zero-order valence-electron chi connectivity index (χ0n) is 16.1. The standard InChI is InChI=1S/C22H24N2O5/c25-22(23-12-16-8-9-26-13-16)11-18-10-20(29-24-18)15-27-14-19-6-7-21(28-19)17-4-2-1-3-5-17/h1-7,10,16H,8-9,11-15H2,(H,23,25). The van der Waals surface area contributed by atoms with Crippen molar-refractivity contribution < 1.29 is 23.2 Å². The second-order valence-electron chi connectivity index (χ2n) is 7.12. The van der Waals surface area contributed by atoms with E-state index in [0.717, 1.165) is 30.1 Å². The Bertz CT molecular complexity index is 912. The van der Waals surface area contributed by atoms with Gasteiger partial charge in [-0.3, -0.25) is 4.79 Å². The van der Waals surface area contributed by atoms with Gasteiger partial charge in [-0.2, -0.15) is 0 Å². The third-order valence-electron chi connectivity index (χ3n) is 4.77. The maximum Gasteiger partial charge on any atom is 0.226 e. The molecule has 1 aromatic carbocycles. The smallest absolute Gasteiger partial charge is 0.226 e. The lowest BCUT2D eigenvalue weighted by Gasteiger charge is -2.08. The summed E-state index contributed by atoms with van der Waals surface area (Å²) in [4.78, 5) is 12.0. The fourth-order valence-corrected chi connectivity index (χ4v) is 3.20. The van der Waals surface area contributed by atoms with E-state index in [1.807, 2.05) is 42.5 Å². The van der Waals surface area contributed by atoms with Crippen molar-refractivity contribution in [3.05, 3.63) is 65.7 Å². The quantitative estimate of drug-likeness (QED) is 0.597. The minimum Gasteiger partial charge on any atom is -0.459 e.